The highest BCUT2D eigenvalue weighted by atomic mass is 35.5. The maximum Gasteiger partial charge on any atom is 0.281 e. The van der Waals surface area contributed by atoms with E-state index in [2.05, 4.69) is 5.43 Å². The van der Waals surface area contributed by atoms with Crippen molar-refractivity contribution in [3.05, 3.63) is 68.0 Å². The molecule has 2 heterocycles. The average Bonchev–Trinajstić information content (AvgIpc) is 2.97. The Kier molecular flexibility index (Phi) is 4.99. The van der Waals surface area contributed by atoms with E-state index in [1.165, 1.54) is 16.3 Å². The molecule has 1 aromatic heterocycles. The highest BCUT2D eigenvalue weighted by Crippen LogP contribution is 2.40. The van der Waals surface area contributed by atoms with Crippen LogP contribution in [0.1, 0.15) is 21.3 Å². The molecule has 4 rings (SSSR count). The summed E-state index contributed by atoms with van der Waals surface area (Å²) in [7, 11) is 0. The first kappa shape index (κ1) is 18.8. The van der Waals surface area contributed by atoms with Crippen molar-refractivity contribution in [2.75, 3.05) is 0 Å². The summed E-state index contributed by atoms with van der Waals surface area (Å²) in [5.74, 6) is -0.878. The Morgan fingerprint density at radius 3 is 2.56 bits per heavy atom. The molecule has 1 fully saturated rings. The number of hydrogen-bond donors (Lipinski definition) is 1. The van der Waals surface area contributed by atoms with E-state index in [0.717, 1.165) is 10.3 Å². The van der Waals surface area contributed by atoms with Gasteiger partial charge in [0, 0.05) is 20.1 Å². The number of amides is 2. The van der Waals surface area contributed by atoms with E-state index in [0.29, 0.717) is 25.3 Å². The van der Waals surface area contributed by atoms with Crippen molar-refractivity contribution >= 4 is 79.6 Å². The molecule has 0 bridgehead atoms. The number of hydrazine groups is 1. The van der Waals surface area contributed by atoms with Gasteiger partial charge in [-0.2, -0.15) is 0 Å². The van der Waals surface area contributed by atoms with Crippen LogP contribution in [0.2, 0.25) is 15.1 Å². The topological polar surface area (TPSA) is 49.4 Å². The Morgan fingerprint density at radius 1 is 1.07 bits per heavy atom. The molecular formula is C18H10Cl4N2O2S. The van der Waals surface area contributed by atoms with Gasteiger partial charge >= 0.3 is 0 Å². The highest BCUT2D eigenvalue weighted by molar-refractivity contribution is 7.21. The van der Waals surface area contributed by atoms with E-state index in [1.54, 1.807) is 42.5 Å². The Morgan fingerprint density at radius 2 is 1.81 bits per heavy atom. The van der Waals surface area contributed by atoms with Crippen LogP contribution in [0.4, 0.5) is 0 Å². The second kappa shape index (κ2) is 7.15. The van der Waals surface area contributed by atoms with Gasteiger partial charge in [-0.1, -0.05) is 46.9 Å². The number of nitrogens with one attached hydrogen (secondary N) is 1. The first-order valence-corrected chi connectivity index (χ1v) is 10.2. The summed E-state index contributed by atoms with van der Waals surface area (Å²) in [4.78, 5) is 25.2. The minimum Gasteiger partial charge on any atom is -0.271 e. The third-order valence-electron chi connectivity index (χ3n) is 4.24. The van der Waals surface area contributed by atoms with Crippen molar-refractivity contribution in [2.45, 2.75) is 11.4 Å². The average molecular weight is 460 g/mol. The molecule has 2 atom stereocenters. The molecule has 0 saturated carbocycles. The Hall–Kier alpha value is -1.50. The van der Waals surface area contributed by atoms with Crippen LogP contribution < -0.4 is 5.43 Å². The van der Waals surface area contributed by atoms with E-state index in [-0.39, 0.29) is 0 Å². The lowest BCUT2D eigenvalue weighted by Gasteiger charge is -2.43. The van der Waals surface area contributed by atoms with Gasteiger partial charge in [0.15, 0.2) is 0 Å². The number of carbonyl (C=O) groups is 2. The van der Waals surface area contributed by atoms with Crippen molar-refractivity contribution in [3.63, 3.8) is 0 Å². The Balaban J connectivity index is 1.62. The van der Waals surface area contributed by atoms with Crippen LogP contribution in [0.15, 0.2) is 42.5 Å². The van der Waals surface area contributed by atoms with Gasteiger partial charge in [0.25, 0.3) is 11.8 Å². The van der Waals surface area contributed by atoms with Crippen LogP contribution in [0.25, 0.3) is 10.1 Å². The summed E-state index contributed by atoms with van der Waals surface area (Å²) in [5.41, 5.74) is 3.34. The normalized spacial score (nSPS) is 19.3. The van der Waals surface area contributed by atoms with Crippen molar-refractivity contribution < 1.29 is 9.59 Å². The number of benzene rings is 2. The maximum atomic E-state index is 12.7. The number of β-lactam (4-membered cyclic amide) rings is 1. The molecule has 2 unspecified atom stereocenters. The molecule has 1 aliphatic rings. The number of thiophene rings is 1. The smallest absolute Gasteiger partial charge is 0.271 e. The van der Waals surface area contributed by atoms with E-state index in [1.807, 2.05) is 0 Å². The first-order chi connectivity index (χ1) is 12.9. The van der Waals surface area contributed by atoms with Gasteiger partial charge in [-0.25, -0.2) is 5.01 Å². The second-order valence-electron chi connectivity index (χ2n) is 5.94. The van der Waals surface area contributed by atoms with Crippen LogP contribution >= 0.6 is 57.7 Å². The molecule has 2 aromatic carbocycles. The van der Waals surface area contributed by atoms with E-state index >= 15 is 0 Å². The fraction of sp³-hybridized carbons (Fsp3) is 0.111. The lowest BCUT2D eigenvalue weighted by molar-refractivity contribution is -0.149. The zero-order valence-electron chi connectivity index (χ0n) is 13.4. The summed E-state index contributed by atoms with van der Waals surface area (Å²) in [6, 6.07) is 11.7. The van der Waals surface area contributed by atoms with Gasteiger partial charge in [-0.15, -0.1) is 22.9 Å². The molecule has 0 radical (unpaired) electrons. The molecule has 0 spiro atoms. The van der Waals surface area contributed by atoms with Crippen molar-refractivity contribution in [1.82, 2.24) is 10.4 Å². The number of nitrogens with zero attached hydrogens (tertiary/aromatic N) is 1. The van der Waals surface area contributed by atoms with E-state index in [4.69, 9.17) is 46.4 Å². The maximum absolute atomic E-state index is 12.7. The first-order valence-electron chi connectivity index (χ1n) is 7.78. The zero-order chi connectivity index (χ0) is 19.3. The third-order valence-corrected chi connectivity index (χ3v) is 6.81. The molecule has 4 nitrogen and oxygen atoms in total. The Labute approximate surface area is 178 Å². The summed E-state index contributed by atoms with van der Waals surface area (Å²) >= 11 is 25.8. The molecule has 27 heavy (non-hydrogen) atoms. The van der Waals surface area contributed by atoms with Crippen LogP contribution in [-0.2, 0) is 4.79 Å². The minimum atomic E-state index is -0.777. The predicted molar refractivity (Wildman–Crippen MR) is 110 cm³/mol. The SMILES string of the molecule is O=C(NN1C(=O)C(Cl)C1c1cccc(Cl)c1)c1sc2ccc(Cl)cc2c1Cl. The number of halogens is 4. The second-order valence-corrected chi connectivity index (χ2v) is 8.71. The van der Waals surface area contributed by atoms with Crippen LogP contribution in [0.5, 0.6) is 0 Å². The third kappa shape index (κ3) is 3.28. The van der Waals surface area contributed by atoms with Gasteiger partial charge in [0.1, 0.15) is 16.3 Å². The molecule has 138 valence electrons. The monoisotopic (exact) mass is 458 g/mol. The van der Waals surface area contributed by atoms with Crippen LogP contribution in [0, 0.1) is 0 Å². The predicted octanol–water partition coefficient (Wildman–Crippen LogP) is 5.70. The van der Waals surface area contributed by atoms with Crippen LogP contribution in [-0.4, -0.2) is 22.2 Å². The molecule has 1 aliphatic heterocycles. The number of rotatable bonds is 3. The lowest BCUT2D eigenvalue weighted by Crippen LogP contribution is -2.63. The number of hydrogen-bond acceptors (Lipinski definition) is 3. The fourth-order valence-electron chi connectivity index (χ4n) is 2.93. The van der Waals surface area contributed by atoms with E-state index in [9.17, 15) is 9.59 Å². The minimum absolute atomic E-state index is 0.296. The zero-order valence-corrected chi connectivity index (χ0v) is 17.2. The van der Waals surface area contributed by atoms with Gasteiger partial charge in [-0.3, -0.25) is 15.0 Å². The van der Waals surface area contributed by atoms with Crippen molar-refractivity contribution in [2.24, 2.45) is 0 Å². The molecule has 1 N–H and O–H groups in total. The van der Waals surface area contributed by atoms with Crippen LogP contribution in [0.3, 0.4) is 0 Å². The number of fused-ring (bicyclic) bond motifs is 1. The van der Waals surface area contributed by atoms with Crippen molar-refractivity contribution in [3.8, 4) is 0 Å². The van der Waals surface area contributed by atoms with Gasteiger partial charge in [0.05, 0.1) is 5.02 Å². The summed E-state index contributed by atoms with van der Waals surface area (Å²) in [6.45, 7) is 0. The van der Waals surface area contributed by atoms with E-state index < -0.39 is 23.2 Å². The van der Waals surface area contributed by atoms with Gasteiger partial charge < -0.3 is 0 Å². The molecule has 2 amide bonds. The standard InChI is InChI=1S/C18H10Cl4N2O2S/c19-9-3-1-2-8(6-9)15-14(22)18(26)24(15)23-17(25)16-13(21)11-7-10(20)4-5-12(11)27-16/h1-7,14-15H,(H,23,25). The highest BCUT2D eigenvalue weighted by Gasteiger charge is 2.48. The fourth-order valence-corrected chi connectivity index (χ4v) is 5.05. The molecular weight excluding hydrogens is 450 g/mol. The molecule has 3 aromatic rings. The lowest BCUT2D eigenvalue weighted by atomic mass is 9.95. The molecule has 9 heteroatoms. The largest absolute Gasteiger partial charge is 0.281 e. The number of alkyl halides is 1. The van der Waals surface area contributed by atoms with Crippen molar-refractivity contribution in [1.29, 1.82) is 0 Å². The Bertz CT molecular complexity index is 1080. The quantitative estimate of drug-likeness (QED) is 0.403. The number of carbonyl (C=O) groups excluding carboxylic acids is 2. The summed E-state index contributed by atoms with van der Waals surface area (Å²) in [5, 5.41) is 2.46. The molecule has 1 saturated heterocycles. The molecule has 0 aliphatic carbocycles. The summed E-state index contributed by atoms with van der Waals surface area (Å²) < 4.78 is 0.825. The van der Waals surface area contributed by atoms with Gasteiger partial charge in [0.2, 0.25) is 0 Å². The summed E-state index contributed by atoms with van der Waals surface area (Å²) in [6.07, 6.45) is 0. The van der Waals surface area contributed by atoms with Gasteiger partial charge in [-0.05, 0) is 35.9 Å².